The van der Waals surface area contributed by atoms with Gasteiger partial charge in [0, 0.05) is 25.4 Å². The average Bonchev–Trinajstić information content (AvgIpc) is 3.44. The van der Waals surface area contributed by atoms with Crippen LogP contribution in [0.1, 0.15) is 63.5 Å². The Kier molecular flexibility index (Phi) is 9.44. The number of esters is 1. The number of benzene rings is 1. The summed E-state index contributed by atoms with van der Waals surface area (Å²) in [6.07, 6.45) is 7.44. The van der Waals surface area contributed by atoms with Crippen LogP contribution in [0.4, 0.5) is 5.69 Å². The maximum atomic E-state index is 14.8. The zero-order valence-electron chi connectivity index (χ0n) is 25.1. The number of carbonyl (C=O) groups is 3. The fraction of sp³-hybridized carbons (Fsp3) is 0.606. The highest BCUT2D eigenvalue weighted by Crippen LogP contribution is 2.65. The van der Waals surface area contributed by atoms with E-state index in [2.05, 4.69) is 13.2 Å². The zero-order chi connectivity index (χ0) is 29.9. The average molecular weight is 567 g/mol. The molecule has 2 amide bonds. The number of anilines is 1. The Morgan fingerprint density at radius 2 is 1.85 bits per heavy atom. The second-order valence-electron chi connectivity index (χ2n) is 12.1. The van der Waals surface area contributed by atoms with Crippen molar-refractivity contribution in [2.75, 3.05) is 31.2 Å². The van der Waals surface area contributed by atoms with E-state index in [1.54, 1.807) is 22.0 Å². The number of aliphatic hydroxyl groups excluding tert-OH is 1. The summed E-state index contributed by atoms with van der Waals surface area (Å²) in [5.74, 6) is -2.54. The molecule has 6 atom stereocenters. The van der Waals surface area contributed by atoms with Gasteiger partial charge in [-0.15, -0.1) is 13.2 Å². The van der Waals surface area contributed by atoms with E-state index in [1.807, 2.05) is 45.9 Å². The van der Waals surface area contributed by atoms with E-state index in [-0.39, 0.29) is 37.5 Å². The van der Waals surface area contributed by atoms with Crippen molar-refractivity contribution < 1.29 is 29.0 Å². The summed E-state index contributed by atoms with van der Waals surface area (Å²) in [6, 6.07) is 5.03. The Balaban J connectivity index is 1.78. The number of unbranched alkanes of at least 4 members (excludes halogenated alkanes) is 3. The summed E-state index contributed by atoms with van der Waals surface area (Å²) in [5, 5.41) is 9.20. The summed E-state index contributed by atoms with van der Waals surface area (Å²) in [4.78, 5) is 46.1. The summed E-state index contributed by atoms with van der Waals surface area (Å²) in [7, 11) is 0. The number of hydrogen-bond acceptors (Lipinski definition) is 6. The SMILES string of the molecule is C=CCCOC(=O)[C@H]1[C@H]2C(=O)N(CCCCCCO)C(C(=O)N(CC=C)c3c(C)cccc3C)C23CC(C)[C@]1(C)O3. The lowest BCUT2D eigenvalue weighted by molar-refractivity contribution is -0.161. The van der Waals surface area contributed by atoms with Crippen molar-refractivity contribution in [3.05, 3.63) is 54.6 Å². The second-order valence-corrected chi connectivity index (χ2v) is 12.1. The molecule has 1 aromatic rings. The van der Waals surface area contributed by atoms with Crippen LogP contribution in [0, 0.1) is 31.6 Å². The van der Waals surface area contributed by atoms with Crippen LogP contribution in [-0.4, -0.2) is 71.3 Å². The summed E-state index contributed by atoms with van der Waals surface area (Å²) >= 11 is 0. The van der Waals surface area contributed by atoms with Gasteiger partial charge in [0.05, 0.1) is 18.1 Å². The smallest absolute Gasteiger partial charge is 0.312 e. The lowest BCUT2D eigenvalue weighted by Crippen LogP contribution is -2.57. The molecular formula is C33H46N2O6. The first-order valence-electron chi connectivity index (χ1n) is 15.0. The fourth-order valence-corrected chi connectivity index (χ4v) is 7.50. The number of ether oxygens (including phenoxy) is 2. The molecule has 0 aromatic heterocycles. The summed E-state index contributed by atoms with van der Waals surface area (Å²) in [6.45, 7) is 16.5. The Hall–Kier alpha value is -2.97. The Bertz CT molecular complexity index is 1160. The van der Waals surface area contributed by atoms with E-state index >= 15 is 0 Å². The molecule has 8 heteroatoms. The molecule has 2 bridgehead atoms. The molecule has 3 saturated heterocycles. The highest BCUT2D eigenvalue weighted by Gasteiger charge is 2.80. The van der Waals surface area contributed by atoms with Crippen LogP contribution in [0.25, 0.3) is 0 Å². The van der Waals surface area contributed by atoms with E-state index in [9.17, 15) is 19.5 Å². The molecule has 4 rings (SSSR count). The molecule has 1 aromatic carbocycles. The molecule has 3 heterocycles. The van der Waals surface area contributed by atoms with E-state index in [0.29, 0.717) is 32.2 Å². The number of aliphatic hydroxyl groups is 1. The van der Waals surface area contributed by atoms with Crippen LogP contribution in [0.3, 0.4) is 0 Å². The Morgan fingerprint density at radius 1 is 1.17 bits per heavy atom. The third-order valence-electron chi connectivity index (χ3n) is 9.46. The van der Waals surface area contributed by atoms with Gasteiger partial charge in [-0.1, -0.05) is 50.1 Å². The molecule has 3 fully saturated rings. The molecule has 0 saturated carbocycles. The zero-order valence-corrected chi connectivity index (χ0v) is 25.1. The van der Waals surface area contributed by atoms with Gasteiger partial charge >= 0.3 is 5.97 Å². The first-order valence-corrected chi connectivity index (χ1v) is 15.0. The van der Waals surface area contributed by atoms with Crippen molar-refractivity contribution in [3.63, 3.8) is 0 Å². The highest BCUT2D eigenvalue weighted by molar-refractivity contribution is 6.05. The molecule has 1 spiro atoms. The van der Waals surface area contributed by atoms with Gasteiger partial charge in [-0.2, -0.15) is 0 Å². The number of amides is 2. The molecule has 41 heavy (non-hydrogen) atoms. The number of hydrogen-bond donors (Lipinski definition) is 1. The van der Waals surface area contributed by atoms with Crippen LogP contribution in [-0.2, 0) is 23.9 Å². The van der Waals surface area contributed by atoms with Crippen molar-refractivity contribution in [3.8, 4) is 0 Å². The Morgan fingerprint density at radius 3 is 2.49 bits per heavy atom. The first-order chi connectivity index (χ1) is 19.6. The third kappa shape index (κ3) is 5.25. The van der Waals surface area contributed by atoms with Crippen molar-refractivity contribution in [2.24, 2.45) is 17.8 Å². The predicted octanol–water partition coefficient (Wildman–Crippen LogP) is 4.51. The third-order valence-corrected chi connectivity index (χ3v) is 9.46. The monoisotopic (exact) mass is 566 g/mol. The topological polar surface area (TPSA) is 96.4 Å². The van der Waals surface area contributed by atoms with E-state index in [0.717, 1.165) is 29.7 Å². The van der Waals surface area contributed by atoms with E-state index in [4.69, 9.17) is 9.47 Å². The quantitative estimate of drug-likeness (QED) is 0.202. The highest BCUT2D eigenvalue weighted by atomic mass is 16.6. The fourth-order valence-electron chi connectivity index (χ4n) is 7.50. The number of carbonyl (C=O) groups excluding carboxylic acids is 3. The number of rotatable bonds is 14. The molecule has 3 unspecified atom stereocenters. The van der Waals surface area contributed by atoms with E-state index in [1.165, 1.54) is 0 Å². The van der Waals surface area contributed by atoms with Crippen molar-refractivity contribution in [1.29, 1.82) is 0 Å². The minimum Gasteiger partial charge on any atom is -0.465 e. The number of fused-ring (bicyclic) bond motifs is 1. The van der Waals surface area contributed by atoms with Gasteiger partial charge in [0.2, 0.25) is 5.91 Å². The molecule has 3 aliphatic heterocycles. The lowest BCUT2D eigenvalue weighted by atomic mass is 9.62. The maximum Gasteiger partial charge on any atom is 0.312 e. The predicted molar refractivity (Wildman–Crippen MR) is 158 cm³/mol. The van der Waals surface area contributed by atoms with Crippen LogP contribution >= 0.6 is 0 Å². The number of para-hydroxylation sites is 1. The molecule has 0 radical (unpaired) electrons. The Labute approximate surface area is 244 Å². The maximum absolute atomic E-state index is 14.8. The number of likely N-dealkylation sites (tertiary alicyclic amines) is 1. The normalized spacial score (nSPS) is 29.9. The number of aryl methyl sites for hydroxylation is 2. The standard InChI is InChI=1S/C33H46N2O6/c1-7-9-20-40-31(39)26-25-29(37)35(18-12-10-11-13-19-36)28(33(25)21-24(5)32(26,6)41-33)30(38)34(17-8-2)27-22(3)15-14-16-23(27)4/h7-8,14-16,24-26,28,36H,1-2,9-13,17-21H2,3-6H3/t24?,25-,26+,28?,32-,33?/m0/s1. The molecule has 224 valence electrons. The molecule has 8 nitrogen and oxygen atoms in total. The molecule has 0 aliphatic carbocycles. The van der Waals surface area contributed by atoms with Gasteiger partial charge in [0.25, 0.3) is 5.91 Å². The lowest BCUT2D eigenvalue weighted by Gasteiger charge is -2.38. The minimum atomic E-state index is -1.13. The van der Waals surface area contributed by atoms with Gasteiger partial charge in [-0.25, -0.2) is 0 Å². The van der Waals surface area contributed by atoms with Gasteiger partial charge in [-0.05, 0) is 63.5 Å². The molecular weight excluding hydrogens is 520 g/mol. The van der Waals surface area contributed by atoms with Crippen molar-refractivity contribution in [1.82, 2.24) is 4.90 Å². The second kappa shape index (κ2) is 12.5. The van der Waals surface area contributed by atoms with E-state index < -0.39 is 35.0 Å². The van der Waals surface area contributed by atoms with Gasteiger partial charge in [0.15, 0.2) is 0 Å². The van der Waals surface area contributed by atoms with Crippen LogP contribution < -0.4 is 4.90 Å². The summed E-state index contributed by atoms with van der Waals surface area (Å²) < 4.78 is 12.5. The molecule has 3 aliphatic rings. The first kappa shape index (κ1) is 31.0. The van der Waals surface area contributed by atoms with Gasteiger partial charge in [0.1, 0.15) is 17.6 Å². The number of nitrogens with zero attached hydrogens (tertiary/aromatic N) is 2. The van der Waals surface area contributed by atoms with Gasteiger partial charge < -0.3 is 24.4 Å². The van der Waals surface area contributed by atoms with Crippen molar-refractivity contribution >= 4 is 23.5 Å². The van der Waals surface area contributed by atoms with Crippen LogP contribution in [0.2, 0.25) is 0 Å². The minimum absolute atomic E-state index is 0.0589. The van der Waals surface area contributed by atoms with Crippen LogP contribution in [0.15, 0.2) is 43.5 Å². The van der Waals surface area contributed by atoms with Gasteiger partial charge in [-0.3, -0.25) is 14.4 Å². The molecule has 1 N–H and O–H groups in total. The van der Waals surface area contributed by atoms with Crippen molar-refractivity contribution in [2.45, 2.75) is 83.5 Å². The largest absolute Gasteiger partial charge is 0.465 e. The summed E-state index contributed by atoms with van der Waals surface area (Å²) in [5.41, 5.74) is 0.661. The van der Waals surface area contributed by atoms with Crippen LogP contribution in [0.5, 0.6) is 0 Å².